The number of rotatable bonds is 6. The quantitative estimate of drug-likeness (QED) is 0.793. The van der Waals surface area contributed by atoms with Gasteiger partial charge in [-0.3, -0.25) is 9.13 Å². The van der Waals surface area contributed by atoms with Crippen LogP contribution in [0, 0.1) is 0 Å². The number of urea groups is 1. The molecule has 0 saturated carbocycles. The molecular weight excluding hydrogens is 354 g/mol. The number of amides is 2. The van der Waals surface area contributed by atoms with Gasteiger partial charge in [0.1, 0.15) is 0 Å². The minimum atomic E-state index is -0.202. The van der Waals surface area contributed by atoms with E-state index in [2.05, 4.69) is 21.6 Å². The molecule has 1 aliphatic heterocycles. The van der Waals surface area contributed by atoms with Crippen LogP contribution in [0.2, 0.25) is 0 Å². The Hall–Kier alpha value is -2.44. The third-order valence-electron chi connectivity index (χ3n) is 5.70. The van der Waals surface area contributed by atoms with Crippen LogP contribution in [0.5, 0.6) is 0 Å². The number of hydrogen-bond acceptors (Lipinski definition) is 3. The molecule has 1 aliphatic rings. The number of imidazole rings is 1. The second kappa shape index (κ2) is 8.71. The minimum absolute atomic E-state index is 0.00537. The number of carbonyl (C=O) groups excluding carboxylic acids is 1. The molecule has 2 heterocycles. The molecule has 154 valence electrons. The molecule has 1 atom stereocenters. The first-order valence-corrected chi connectivity index (χ1v) is 10.6. The highest BCUT2D eigenvalue weighted by Gasteiger charge is 2.21. The Kier molecular flexibility index (Phi) is 6.31. The first-order chi connectivity index (χ1) is 13.5. The van der Waals surface area contributed by atoms with Gasteiger partial charge in [-0.05, 0) is 58.6 Å². The topological polar surface area (TPSA) is 71.3 Å². The number of nitrogens with zero attached hydrogens (tertiary/aromatic N) is 3. The molecule has 3 rings (SSSR count). The van der Waals surface area contributed by atoms with Gasteiger partial charge in [-0.1, -0.05) is 6.92 Å². The van der Waals surface area contributed by atoms with Crippen LogP contribution in [0.4, 0.5) is 16.2 Å². The van der Waals surface area contributed by atoms with E-state index in [9.17, 15) is 9.59 Å². The third-order valence-corrected chi connectivity index (χ3v) is 5.70. The predicted octanol–water partition coefficient (Wildman–Crippen LogP) is 3.75. The number of fused-ring (bicyclic) bond motifs is 1. The Morgan fingerprint density at radius 1 is 1.04 bits per heavy atom. The Morgan fingerprint density at radius 3 is 2.21 bits per heavy atom. The average molecular weight is 388 g/mol. The van der Waals surface area contributed by atoms with Crippen LogP contribution >= 0.6 is 0 Å². The Balaban J connectivity index is 2.10. The molecule has 2 amide bonds. The van der Waals surface area contributed by atoms with Gasteiger partial charge in [0.2, 0.25) is 0 Å². The fraction of sp³-hybridized carbons (Fsp3) is 0.619. The van der Waals surface area contributed by atoms with Gasteiger partial charge in [0, 0.05) is 32.2 Å². The van der Waals surface area contributed by atoms with Crippen molar-refractivity contribution in [2.24, 2.45) is 0 Å². The number of carbonyl (C=O) groups is 1. The fourth-order valence-corrected chi connectivity index (χ4v) is 3.94. The van der Waals surface area contributed by atoms with Crippen molar-refractivity contribution >= 4 is 28.4 Å². The lowest BCUT2D eigenvalue weighted by molar-refractivity contribution is 0.249. The van der Waals surface area contributed by atoms with E-state index in [0.29, 0.717) is 13.1 Å². The summed E-state index contributed by atoms with van der Waals surface area (Å²) in [5, 5.41) is 6.02. The van der Waals surface area contributed by atoms with Crippen molar-refractivity contribution in [2.45, 2.75) is 72.5 Å². The van der Waals surface area contributed by atoms with Gasteiger partial charge in [0.25, 0.3) is 0 Å². The molecule has 7 heteroatoms. The van der Waals surface area contributed by atoms with Crippen molar-refractivity contribution in [3.05, 3.63) is 22.6 Å². The van der Waals surface area contributed by atoms with Crippen molar-refractivity contribution < 1.29 is 4.79 Å². The lowest BCUT2D eigenvalue weighted by Crippen LogP contribution is -2.36. The molecule has 0 aliphatic carbocycles. The van der Waals surface area contributed by atoms with Gasteiger partial charge in [0.05, 0.1) is 22.4 Å². The zero-order chi connectivity index (χ0) is 20.3. The summed E-state index contributed by atoms with van der Waals surface area (Å²) in [4.78, 5) is 27.6. The lowest BCUT2D eigenvalue weighted by Gasteiger charge is -2.31. The summed E-state index contributed by atoms with van der Waals surface area (Å²) < 4.78 is 3.59. The van der Waals surface area contributed by atoms with Crippen LogP contribution in [-0.2, 0) is 13.1 Å². The molecule has 28 heavy (non-hydrogen) atoms. The molecule has 7 nitrogen and oxygen atoms in total. The number of hydrogen-bond donors (Lipinski definition) is 2. The number of aromatic nitrogens is 2. The van der Waals surface area contributed by atoms with Crippen molar-refractivity contribution in [1.29, 1.82) is 0 Å². The molecule has 0 bridgehead atoms. The smallest absolute Gasteiger partial charge is 0.329 e. The third kappa shape index (κ3) is 3.88. The maximum Gasteiger partial charge on any atom is 0.329 e. The highest BCUT2D eigenvalue weighted by Crippen LogP contribution is 2.33. The standard InChI is InChI=1S/C21H33N5O2/c1-5-15(4)22-20(27)23-16-13-18-19(26(7-3)21(28)25(18)6-2)14-17(16)24-11-9-8-10-12-24/h13-15H,5-12H2,1-4H3,(H2,22,23,27). The summed E-state index contributed by atoms with van der Waals surface area (Å²) in [6.45, 7) is 11.2. The van der Waals surface area contributed by atoms with Gasteiger partial charge < -0.3 is 15.5 Å². The van der Waals surface area contributed by atoms with Crippen molar-refractivity contribution in [1.82, 2.24) is 14.5 Å². The van der Waals surface area contributed by atoms with Crippen molar-refractivity contribution in [3.8, 4) is 0 Å². The molecule has 1 fully saturated rings. The maximum atomic E-state index is 12.8. The summed E-state index contributed by atoms with van der Waals surface area (Å²) in [6.07, 6.45) is 4.41. The highest BCUT2D eigenvalue weighted by atomic mass is 16.2. The van der Waals surface area contributed by atoms with Crippen molar-refractivity contribution in [3.63, 3.8) is 0 Å². The SMILES string of the molecule is CCC(C)NC(=O)Nc1cc2c(cc1N1CCCCC1)n(CC)c(=O)n2CC. The van der Waals surface area contributed by atoms with Crippen LogP contribution < -0.4 is 21.2 Å². The molecule has 0 radical (unpaired) electrons. The van der Waals surface area contributed by atoms with E-state index in [0.717, 1.165) is 54.8 Å². The van der Waals surface area contributed by atoms with Crippen LogP contribution in [0.3, 0.4) is 0 Å². The van der Waals surface area contributed by atoms with E-state index in [1.807, 2.05) is 38.3 Å². The average Bonchev–Trinajstić information content (AvgIpc) is 2.97. The van der Waals surface area contributed by atoms with Gasteiger partial charge in [-0.25, -0.2) is 9.59 Å². The first-order valence-electron chi connectivity index (χ1n) is 10.6. The molecule has 2 aromatic rings. The molecule has 1 unspecified atom stereocenters. The van der Waals surface area contributed by atoms with Crippen LogP contribution in [0.1, 0.15) is 53.4 Å². The fourth-order valence-electron chi connectivity index (χ4n) is 3.94. The van der Waals surface area contributed by atoms with E-state index < -0.39 is 0 Å². The number of piperidine rings is 1. The van der Waals surface area contributed by atoms with E-state index in [1.165, 1.54) is 6.42 Å². The summed E-state index contributed by atoms with van der Waals surface area (Å²) >= 11 is 0. The molecule has 1 aromatic carbocycles. The molecule has 1 saturated heterocycles. The summed E-state index contributed by atoms with van der Waals surface area (Å²) in [5.41, 5.74) is 3.58. The molecular formula is C21H33N5O2. The largest absolute Gasteiger partial charge is 0.370 e. The van der Waals surface area contributed by atoms with Gasteiger partial charge in [-0.15, -0.1) is 0 Å². The maximum absolute atomic E-state index is 12.8. The number of benzene rings is 1. The first kappa shape index (κ1) is 20.3. The van der Waals surface area contributed by atoms with Crippen LogP contribution in [-0.4, -0.2) is 34.3 Å². The number of aryl methyl sites for hydroxylation is 2. The highest BCUT2D eigenvalue weighted by molar-refractivity contribution is 5.98. The Morgan fingerprint density at radius 2 is 1.64 bits per heavy atom. The molecule has 0 spiro atoms. The lowest BCUT2D eigenvalue weighted by atomic mass is 10.1. The molecule has 2 N–H and O–H groups in total. The minimum Gasteiger partial charge on any atom is -0.370 e. The normalized spacial score (nSPS) is 15.6. The second-order valence-corrected chi connectivity index (χ2v) is 7.58. The van der Waals surface area contributed by atoms with E-state index in [1.54, 1.807) is 4.57 Å². The van der Waals surface area contributed by atoms with Gasteiger partial charge in [-0.2, -0.15) is 0 Å². The summed E-state index contributed by atoms with van der Waals surface area (Å²) in [7, 11) is 0. The number of nitrogens with one attached hydrogen (secondary N) is 2. The number of anilines is 2. The zero-order valence-electron chi connectivity index (χ0n) is 17.5. The van der Waals surface area contributed by atoms with Gasteiger partial charge in [0.15, 0.2) is 0 Å². The summed E-state index contributed by atoms with van der Waals surface area (Å²) in [5.74, 6) is 0. The van der Waals surface area contributed by atoms with Gasteiger partial charge >= 0.3 is 11.7 Å². The van der Waals surface area contributed by atoms with E-state index in [4.69, 9.17) is 0 Å². The van der Waals surface area contributed by atoms with Crippen molar-refractivity contribution in [2.75, 3.05) is 23.3 Å². The Labute approximate surface area is 166 Å². The van der Waals surface area contributed by atoms with E-state index in [-0.39, 0.29) is 17.8 Å². The van der Waals surface area contributed by atoms with Crippen LogP contribution in [0.25, 0.3) is 11.0 Å². The molecule has 1 aromatic heterocycles. The Bertz CT molecular complexity index is 892. The van der Waals surface area contributed by atoms with E-state index >= 15 is 0 Å². The van der Waals surface area contributed by atoms with Crippen LogP contribution in [0.15, 0.2) is 16.9 Å². The second-order valence-electron chi connectivity index (χ2n) is 7.58. The predicted molar refractivity (Wildman–Crippen MR) is 116 cm³/mol. The monoisotopic (exact) mass is 387 g/mol. The zero-order valence-corrected chi connectivity index (χ0v) is 17.5. The summed E-state index contributed by atoms with van der Waals surface area (Å²) in [6, 6.07) is 3.95.